The van der Waals surface area contributed by atoms with Gasteiger partial charge in [0.15, 0.2) is 0 Å². The maximum absolute atomic E-state index is 6.32. The Balaban J connectivity index is 1.67. The van der Waals surface area contributed by atoms with E-state index < -0.39 is 0 Å². The minimum Gasteiger partial charge on any atom is -0.424 e. The highest BCUT2D eigenvalue weighted by molar-refractivity contribution is 6.07. The van der Waals surface area contributed by atoms with Crippen LogP contribution in [0.2, 0.25) is 0 Å². The molecule has 9 heteroatoms. The summed E-state index contributed by atoms with van der Waals surface area (Å²) in [5.41, 5.74) is 12.2. The number of fused-ring (bicyclic) bond motifs is 1. The Morgan fingerprint density at radius 3 is 2.50 bits per heavy atom. The van der Waals surface area contributed by atoms with Crippen molar-refractivity contribution in [3.63, 3.8) is 0 Å². The molecule has 2 N–H and O–H groups in total. The largest absolute Gasteiger partial charge is 0.424 e. The predicted octanol–water partition coefficient (Wildman–Crippen LogP) is 3.85. The summed E-state index contributed by atoms with van der Waals surface area (Å²) in [6, 6.07) is 9.68. The van der Waals surface area contributed by atoms with Crippen molar-refractivity contribution in [1.29, 1.82) is 0 Å². The molecule has 0 aliphatic rings. The van der Waals surface area contributed by atoms with Crippen LogP contribution in [0.25, 0.3) is 33.5 Å². The summed E-state index contributed by atoms with van der Waals surface area (Å²) in [6.07, 6.45) is 10.2. The van der Waals surface area contributed by atoms with Gasteiger partial charge in [0.05, 0.1) is 23.0 Å². The zero-order valence-electron chi connectivity index (χ0n) is 18.8. The predicted molar refractivity (Wildman–Crippen MR) is 129 cm³/mol. The smallest absolute Gasteiger partial charge is 0.322 e. The molecule has 0 saturated carbocycles. The minimum atomic E-state index is 0.288. The minimum absolute atomic E-state index is 0.288. The molecule has 0 bridgehead atoms. The number of nitrogens with two attached hydrogens (primary N) is 1. The third kappa shape index (κ3) is 3.57. The molecule has 0 fully saturated rings. The van der Waals surface area contributed by atoms with Crippen molar-refractivity contribution in [1.82, 2.24) is 34.5 Å². The quantitative estimate of drug-likeness (QED) is 0.412. The fraction of sp³-hybridized carbons (Fsp3) is 0.120. The first-order chi connectivity index (χ1) is 16.5. The van der Waals surface area contributed by atoms with Gasteiger partial charge in [-0.25, -0.2) is 29.9 Å². The van der Waals surface area contributed by atoms with Crippen LogP contribution in [0.5, 0.6) is 11.8 Å². The molecule has 0 unspecified atom stereocenters. The van der Waals surface area contributed by atoms with E-state index in [1.54, 1.807) is 12.4 Å². The molecule has 34 heavy (non-hydrogen) atoms. The normalized spacial score (nSPS) is 10.9. The number of benzene rings is 1. The standard InChI is InChI=1S/C25H20N8O/c1-5-17-12-28-21(15(3)32-17)22-19(20-23(26)29-13-30-24(20)33(22)4)16-6-8-18(9-7-16)34-25-27-11-10-14(2)31-25/h1,6-13H,2-4H3,(H2,26,29,30). The molecule has 5 rings (SSSR count). The topological polar surface area (TPSA) is 118 Å². The Morgan fingerprint density at radius 2 is 1.79 bits per heavy atom. The molecule has 0 spiro atoms. The summed E-state index contributed by atoms with van der Waals surface area (Å²) in [5.74, 6) is 3.51. The maximum atomic E-state index is 6.32. The van der Waals surface area contributed by atoms with E-state index in [2.05, 4.69) is 35.8 Å². The molecule has 0 saturated heterocycles. The van der Waals surface area contributed by atoms with E-state index in [4.69, 9.17) is 16.9 Å². The van der Waals surface area contributed by atoms with E-state index in [-0.39, 0.29) is 6.01 Å². The SMILES string of the molecule is C#Cc1cnc(-c2c(-c3ccc(Oc4nccc(C)n4)cc3)c3c(N)ncnc3n2C)c(C)n1. The van der Waals surface area contributed by atoms with Gasteiger partial charge in [0.25, 0.3) is 0 Å². The second kappa shape index (κ2) is 8.26. The average molecular weight is 448 g/mol. The van der Waals surface area contributed by atoms with Crippen molar-refractivity contribution in [2.45, 2.75) is 13.8 Å². The van der Waals surface area contributed by atoms with Crippen molar-refractivity contribution in [3.8, 4) is 46.6 Å². The molecule has 0 amide bonds. The molecular formula is C25H20N8O. The number of aryl methyl sites for hydroxylation is 3. The second-order valence-corrected chi connectivity index (χ2v) is 7.68. The fourth-order valence-electron chi connectivity index (χ4n) is 3.89. The Morgan fingerprint density at radius 1 is 1.00 bits per heavy atom. The molecule has 4 heterocycles. The maximum Gasteiger partial charge on any atom is 0.322 e. The van der Waals surface area contributed by atoms with Crippen LogP contribution in [0.3, 0.4) is 0 Å². The van der Waals surface area contributed by atoms with E-state index in [1.165, 1.54) is 6.33 Å². The van der Waals surface area contributed by atoms with Crippen molar-refractivity contribution in [2.75, 3.05) is 5.73 Å². The van der Waals surface area contributed by atoms with Crippen LogP contribution in [0.1, 0.15) is 17.1 Å². The lowest BCUT2D eigenvalue weighted by Crippen LogP contribution is -2.01. The molecule has 0 aliphatic heterocycles. The number of aromatic nitrogens is 7. The van der Waals surface area contributed by atoms with Crippen LogP contribution >= 0.6 is 0 Å². The Hall–Kier alpha value is -4.84. The van der Waals surface area contributed by atoms with Crippen LogP contribution in [-0.2, 0) is 7.05 Å². The molecule has 166 valence electrons. The third-order valence-electron chi connectivity index (χ3n) is 5.44. The summed E-state index contributed by atoms with van der Waals surface area (Å²) in [5, 5.41) is 0.734. The van der Waals surface area contributed by atoms with E-state index in [0.717, 1.165) is 27.9 Å². The van der Waals surface area contributed by atoms with Crippen LogP contribution < -0.4 is 10.5 Å². The number of nitrogen functional groups attached to an aromatic ring is 1. The number of terminal acetylenes is 1. The van der Waals surface area contributed by atoms with E-state index in [9.17, 15) is 0 Å². The first-order valence-electron chi connectivity index (χ1n) is 10.4. The molecule has 9 nitrogen and oxygen atoms in total. The van der Waals surface area contributed by atoms with E-state index in [1.807, 2.05) is 55.8 Å². The summed E-state index contributed by atoms with van der Waals surface area (Å²) in [4.78, 5) is 26.2. The van der Waals surface area contributed by atoms with Gasteiger partial charge >= 0.3 is 6.01 Å². The van der Waals surface area contributed by atoms with Gasteiger partial charge in [-0.3, -0.25) is 0 Å². The number of hydrogen-bond acceptors (Lipinski definition) is 8. The van der Waals surface area contributed by atoms with Gasteiger partial charge in [-0.05, 0) is 43.5 Å². The summed E-state index contributed by atoms with van der Waals surface area (Å²) >= 11 is 0. The molecule has 4 aromatic heterocycles. The van der Waals surface area contributed by atoms with Crippen LogP contribution in [0, 0.1) is 26.2 Å². The van der Waals surface area contributed by atoms with Gasteiger partial charge in [-0.1, -0.05) is 12.1 Å². The van der Waals surface area contributed by atoms with Gasteiger partial charge in [0.1, 0.15) is 34.9 Å². The zero-order chi connectivity index (χ0) is 23.8. The number of hydrogen-bond donors (Lipinski definition) is 1. The van der Waals surface area contributed by atoms with Gasteiger partial charge in [-0.2, -0.15) is 0 Å². The number of ether oxygens (including phenoxy) is 1. The number of nitrogens with zero attached hydrogens (tertiary/aromatic N) is 7. The van der Waals surface area contributed by atoms with Crippen molar-refractivity contribution in [2.24, 2.45) is 7.05 Å². The molecule has 0 radical (unpaired) electrons. The Bertz CT molecular complexity index is 1580. The highest BCUT2D eigenvalue weighted by Crippen LogP contribution is 2.42. The monoisotopic (exact) mass is 448 g/mol. The Labute approximate surface area is 195 Å². The lowest BCUT2D eigenvalue weighted by atomic mass is 10.0. The van der Waals surface area contributed by atoms with Crippen molar-refractivity contribution < 1.29 is 4.74 Å². The number of anilines is 1. The highest BCUT2D eigenvalue weighted by atomic mass is 16.5. The third-order valence-corrected chi connectivity index (χ3v) is 5.44. The van der Waals surface area contributed by atoms with Crippen LogP contribution in [0.15, 0.2) is 49.1 Å². The summed E-state index contributed by atoms with van der Waals surface area (Å²) < 4.78 is 7.75. The number of rotatable bonds is 4. The zero-order valence-corrected chi connectivity index (χ0v) is 18.8. The molecule has 0 aliphatic carbocycles. The lowest BCUT2D eigenvalue weighted by Gasteiger charge is -2.11. The van der Waals surface area contributed by atoms with Gasteiger partial charge < -0.3 is 15.0 Å². The molecule has 1 aromatic carbocycles. The molecular weight excluding hydrogens is 428 g/mol. The average Bonchev–Trinajstić information content (AvgIpc) is 3.13. The second-order valence-electron chi connectivity index (χ2n) is 7.68. The lowest BCUT2D eigenvalue weighted by molar-refractivity contribution is 0.440. The summed E-state index contributed by atoms with van der Waals surface area (Å²) in [6.45, 7) is 3.76. The summed E-state index contributed by atoms with van der Waals surface area (Å²) in [7, 11) is 1.91. The van der Waals surface area contributed by atoms with E-state index >= 15 is 0 Å². The highest BCUT2D eigenvalue weighted by Gasteiger charge is 2.24. The fourth-order valence-corrected chi connectivity index (χ4v) is 3.89. The first kappa shape index (κ1) is 21.0. The van der Waals surface area contributed by atoms with Crippen LogP contribution in [-0.4, -0.2) is 34.5 Å². The van der Waals surface area contributed by atoms with Crippen LogP contribution in [0.4, 0.5) is 5.82 Å². The molecule has 0 atom stereocenters. The first-order valence-corrected chi connectivity index (χ1v) is 10.4. The van der Waals surface area contributed by atoms with Crippen molar-refractivity contribution in [3.05, 3.63) is 66.1 Å². The van der Waals surface area contributed by atoms with Crippen molar-refractivity contribution >= 4 is 16.9 Å². The Kier molecular flexibility index (Phi) is 5.11. The van der Waals surface area contributed by atoms with Gasteiger partial charge in [-0.15, -0.1) is 6.42 Å². The van der Waals surface area contributed by atoms with E-state index in [0.29, 0.717) is 34.3 Å². The van der Waals surface area contributed by atoms with Gasteiger partial charge in [0.2, 0.25) is 0 Å². The molecule has 5 aromatic rings. The van der Waals surface area contributed by atoms with Gasteiger partial charge in [0, 0.05) is 24.5 Å².